The summed E-state index contributed by atoms with van der Waals surface area (Å²) in [5.74, 6) is 0. The number of benzene rings is 8. The van der Waals surface area contributed by atoms with Crippen LogP contribution < -0.4 is 0 Å². The highest BCUT2D eigenvalue weighted by Gasteiger charge is 2.16. The first-order chi connectivity index (χ1) is 25.8. The minimum Gasteiger partial charge on any atom is -0.309 e. The molecule has 0 unspecified atom stereocenters. The molecule has 0 aliphatic heterocycles. The molecule has 2 heterocycles. The fourth-order valence-electron chi connectivity index (χ4n) is 7.73. The second kappa shape index (κ2) is 13.2. The number of hydrogen-bond acceptors (Lipinski definition) is 0. The summed E-state index contributed by atoms with van der Waals surface area (Å²) in [6, 6.07) is 70.4. The van der Waals surface area contributed by atoms with Crippen molar-refractivity contribution < 1.29 is 0 Å². The van der Waals surface area contributed by atoms with E-state index in [0.29, 0.717) is 0 Å². The van der Waals surface area contributed by atoms with Crippen LogP contribution in [0, 0.1) is 0 Å². The quantitative estimate of drug-likeness (QED) is 0.173. The molecule has 0 saturated heterocycles. The van der Waals surface area contributed by atoms with E-state index in [-0.39, 0.29) is 0 Å². The van der Waals surface area contributed by atoms with Crippen LogP contribution in [0.2, 0.25) is 0 Å². The van der Waals surface area contributed by atoms with E-state index >= 15 is 0 Å². The van der Waals surface area contributed by atoms with Crippen LogP contribution in [0.4, 0.5) is 0 Å². The summed E-state index contributed by atoms with van der Waals surface area (Å²) in [6.45, 7) is 4.00. The molecule has 10 aromatic rings. The lowest BCUT2D eigenvalue weighted by molar-refractivity contribution is 1.18. The molecule has 0 fully saturated rings. The Kier molecular flexibility index (Phi) is 7.98. The highest BCUT2D eigenvalue weighted by molar-refractivity contribution is 6.12. The topological polar surface area (TPSA) is 9.86 Å². The van der Waals surface area contributed by atoms with Gasteiger partial charge >= 0.3 is 0 Å². The standard InChI is InChI=1S/C48H32N2.C2H6/c1-3-11-33(12-4-1)34-19-21-35(22-20-34)36-23-27-40(28-24-36)50-46-18-10-8-16-42(46)44-32-38(26-30-48(44)50)37-25-29-47-43(31-37)41-15-7-9-17-45(41)49(47)39-13-5-2-6-14-39;1-2/h1-32H;1-2H3. The Hall–Kier alpha value is -6.64. The summed E-state index contributed by atoms with van der Waals surface area (Å²) in [5, 5.41) is 5.04. The van der Waals surface area contributed by atoms with Crippen molar-refractivity contribution in [3.05, 3.63) is 194 Å². The summed E-state index contributed by atoms with van der Waals surface area (Å²) in [4.78, 5) is 0. The number of fused-ring (bicyclic) bond motifs is 6. The Morgan fingerprint density at radius 2 is 0.577 bits per heavy atom. The van der Waals surface area contributed by atoms with Gasteiger partial charge in [0.1, 0.15) is 0 Å². The second-order valence-corrected chi connectivity index (χ2v) is 13.0. The van der Waals surface area contributed by atoms with Gasteiger partial charge in [-0.2, -0.15) is 0 Å². The van der Waals surface area contributed by atoms with Crippen LogP contribution in [0.5, 0.6) is 0 Å². The minimum absolute atomic E-state index is 1.16. The molecule has 2 nitrogen and oxygen atoms in total. The van der Waals surface area contributed by atoms with E-state index in [1.165, 1.54) is 82.7 Å². The number of rotatable bonds is 5. The summed E-state index contributed by atoms with van der Waals surface area (Å²) in [5.41, 5.74) is 14.5. The van der Waals surface area contributed by atoms with Gasteiger partial charge in [-0.25, -0.2) is 0 Å². The van der Waals surface area contributed by atoms with E-state index < -0.39 is 0 Å². The van der Waals surface area contributed by atoms with Gasteiger partial charge in [-0.15, -0.1) is 0 Å². The van der Waals surface area contributed by atoms with Gasteiger partial charge < -0.3 is 9.13 Å². The first-order valence-electron chi connectivity index (χ1n) is 18.2. The lowest BCUT2D eigenvalue weighted by atomic mass is 10.00. The predicted molar refractivity (Wildman–Crippen MR) is 223 cm³/mol. The average molecular weight is 667 g/mol. The van der Waals surface area contributed by atoms with Crippen molar-refractivity contribution in [2.75, 3.05) is 0 Å². The average Bonchev–Trinajstić information content (AvgIpc) is 3.74. The largest absolute Gasteiger partial charge is 0.309 e. The molecule has 2 heteroatoms. The highest BCUT2D eigenvalue weighted by atomic mass is 15.0. The Morgan fingerprint density at radius 3 is 1.06 bits per heavy atom. The molecule has 0 spiro atoms. The Balaban J connectivity index is 0.00000177. The summed E-state index contributed by atoms with van der Waals surface area (Å²) in [6.07, 6.45) is 0. The van der Waals surface area contributed by atoms with E-state index in [1.807, 2.05) is 13.8 Å². The molecule has 0 aliphatic carbocycles. The van der Waals surface area contributed by atoms with Crippen LogP contribution >= 0.6 is 0 Å². The molecule has 0 N–H and O–H groups in total. The zero-order valence-electron chi connectivity index (χ0n) is 29.4. The lowest BCUT2D eigenvalue weighted by Gasteiger charge is -2.11. The van der Waals surface area contributed by atoms with Crippen LogP contribution in [0.25, 0.3) is 88.4 Å². The summed E-state index contributed by atoms with van der Waals surface area (Å²) in [7, 11) is 0. The third kappa shape index (κ3) is 5.28. The Labute approximate surface area is 304 Å². The van der Waals surface area contributed by atoms with Crippen LogP contribution in [0.15, 0.2) is 194 Å². The molecule has 2 aromatic heterocycles. The monoisotopic (exact) mass is 666 g/mol. The van der Waals surface area contributed by atoms with Crippen molar-refractivity contribution >= 4 is 43.6 Å². The van der Waals surface area contributed by atoms with Gasteiger partial charge in [-0.05, 0) is 94.0 Å². The Bertz CT molecular complexity index is 2820. The fourth-order valence-corrected chi connectivity index (χ4v) is 7.73. The number of hydrogen-bond donors (Lipinski definition) is 0. The fraction of sp³-hybridized carbons (Fsp3) is 0.0400. The molecule has 0 bridgehead atoms. The summed E-state index contributed by atoms with van der Waals surface area (Å²) < 4.78 is 4.77. The van der Waals surface area contributed by atoms with Crippen LogP contribution in [-0.2, 0) is 0 Å². The molecule has 0 radical (unpaired) electrons. The number of para-hydroxylation sites is 3. The van der Waals surface area contributed by atoms with Gasteiger partial charge in [0.05, 0.1) is 22.1 Å². The van der Waals surface area contributed by atoms with Gasteiger partial charge in [0, 0.05) is 32.9 Å². The smallest absolute Gasteiger partial charge is 0.0541 e. The van der Waals surface area contributed by atoms with Gasteiger partial charge in [-0.1, -0.05) is 147 Å². The molecule has 0 atom stereocenters. The van der Waals surface area contributed by atoms with Crippen molar-refractivity contribution in [3.8, 4) is 44.8 Å². The second-order valence-electron chi connectivity index (χ2n) is 13.0. The first kappa shape index (κ1) is 31.3. The van der Waals surface area contributed by atoms with E-state index in [9.17, 15) is 0 Å². The van der Waals surface area contributed by atoms with E-state index in [1.54, 1.807) is 0 Å². The number of aromatic nitrogens is 2. The van der Waals surface area contributed by atoms with E-state index in [4.69, 9.17) is 0 Å². The molecule has 52 heavy (non-hydrogen) atoms. The number of nitrogens with zero attached hydrogens (tertiary/aromatic N) is 2. The highest BCUT2D eigenvalue weighted by Crippen LogP contribution is 2.38. The van der Waals surface area contributed by atoms with E-state index in [0.717, 1.165) is 5.69 Å². The molecule has 10 rings (SSSR count). The Morgan fingerprint density at radius 1 is 0.250 bits per heavy atom. The molecular weight excluding hydrogens is 629 g/mol. The van der Waals surface area contributed by atoms with Crippen LogP contribution in [0.3, 0.4) is 0 Å². The maximum absolute atomic E-state index is 2.40. The van der Waals surface area contributed by atoms with E-state index in [2.05, 4.69) is 203 Å². The molecular formula is C50H38N2. The molecule has 248 valence electrons. The van der Waals surface area contributed by atoms with Crippen molar-refractivity contribution in [2.24, 2.45) is 0 Å². The molecule has 0 aliphatic rings. The summed E-state index contributed by atoms with van der Waals surface area (Å²) >= 11 is 0. The lowest BCUT2D eigenvalue weighted by Crippen LogP contribution is -1.94. The minimum atomic E-state index is 1.16. The van der Waals surface area contributed by atoms with Gasteiger partial charge in [0.2, 0.25) is 0 Å². The maximum atomic E-state index is 2.40. The molecule has 0 saturated carbocycles. The van der Waals surface area contributed by atoms with Crippen LogP contribution in [0.1, 0.15) is 13.8 Å². The first-order valence-corrected chi connectivity index (χ1v) is 18.2. The zero-order chi connectivity index (χ0) is 35.0. The zero-order valence-corrected chi connectivity index (χ0v) is 29.4. The molecule has 8 aromatic carbocycles. The van der Waals surface area contributed by atoms with Crippen molar-refractivity contribution in [2.45, 2.75) is 13.8 Å². The van der Waals surface area contributed by atoms with Gasteiger partial charge in [-0.3, -0.25) is 0 Å². The van der Waals surface area contributed by atoms with Crippen molar-refractivity contribution in [1.29, 1.82) is 0 Å². The normalized spacial score (nSPS) is 11.3. The third-order valence-corrected chi connectivity index (χ3v) is 10.1. The maximum Gasteiger partial charge on any atom is 0.0541 e. The third-order valence-electron chi connectivity index (χ3n) is 10.1. The SMILES string of the molecule is CC.c1ccc(-c2ccc(-c3ccc(-n4c5ccccc5c5cc(-c6ccc7c(c6)c6ccccc6n7-c6ccccc6)ccc54)cc3)cc2)cc1. The van der Waals surface area contributed by atoms with Gasteiger partial charge in [0.25, 0.3) is 0 Å². The van der Waals surface area contributed by atoms with Crippen molar-refractivity contribution in [1.82, 2.24) is 9.13 Å². The predicted octanol–water partition coefficient (Wildman–Crippen LogP) is 13.9. The van der Waals surface area contributed by atoms with Crippen molar-refractivity contribution in [3.63, 3.8) is 0 Å². The molecule has 0 amide bonds. The van der Waals surface area contributed by atoms with Crippen LogP contribution in [-0.4, -0.2) is 9.13 Å². The van der Waals surface area contributed by atoms with Gasteiger partial charge in [0.15, 0.2) is 0 Å².